The third-order valence-electron chi connectivity index (χ3n) is 2.87. The molecule has 0 saturated carbocycles. The van der Waals surface area contributed by atoms with E-state index in [2.05, 4.69) is 34.1 Å². The maximum atomic E-state index is 5.45. The number of rotatable bonds is 5. The lowest BCUT2D eigenvalue weighted by Gasteiger charge is -2.12. The highest BCUT2D eigenvalue weighted by Gasteiger charge is 2.11. The van der Waals surface area contributed by atoms with Crippen LogP contribution in [-0.2, 0) is 0 Å². The number of ether oxygens (including phenoxy) is 2. The fourth-order valence-electron chi connectivity index (χ4n) is 1.89. The van der Waals surface area contributed by atoms with Crippen LogP contribution in [0.1, 0.15) is 22.9 Å². The van der Waals surface area contributed by atoms with Crippen molar-refractivity contribution in [1.82, 2.24) is 0 Å². The summed E-state index contributed by atoms with van der Waals surface area (Å²) in [7, 11) is 1.68. The lowest BCUT2D eigenvalue weighted by molar-refractivity contribution is 0.340. The fourth-order valence-corrected chi connectivity index (χ4v) is 2.48. The van der Waals surface area contributed by atoms with Crippen molar-refractivity contribution in [2.75, 3.05) is 13.7 Å². The van der Waals surface area contributed by atoms with E-state index in [1.807, 2.05) is 37.3 Å². The molecule has 0 bridgehead atoms. The molecule has 0 heterocycles. The van der Waals surface area contributed by atoms with Crippen LogP contribution < -0.4 is 9.47 Å². The Morgan fingerprint density at radius 2 is 1.74 bits per heavy atom. The predicted molar refractivity (Wildman–Crippen MR) is 81.4 cm³/mol. The summed E-state index contributed by atoms with van der Waals surface area (Å²) in [6.07, 6.45) is 0. The first kappa shape index (κ1) is 13.9. The highest BCUT2D eigenvalue weighted by atomic mass is 79.9. The Labute approximate surface area is 122 Å². The zero-order chi connectivity index (χ0) is 13.7. The van der Waals surface area contributed by atoms with E-state index in [1.54, 1.807) is 7.11 Å². The van der Waals surface area contributed by atoms with Gasteiger partial charge in [-0.15, -0.1) is 0 Å². The van der Waals surface area contributed by atoms with Crippen molar-refractivity contribution < 1.29 is 9.47 Å². The van der Waals surface area contributed by atoms with Gasteiger partial charge in [-0.25, -0.2) is 0 Å². The molecule has 3 heteroatoms. The number of benzene rings is 2. The van der Waals surface area contributed by atoms with Gasteiger partial charge in [-0.3, -0.25) is 0 Å². The Bertz CT molecular complexity index is 523. The number of hydrogen-bond donors (Lipinski definition) is 0. The highest BCUT2D eigenvalue weighted by molar-refractivity contribution is 9.09. The van der Waals surface area contributed by atoms with Gasteiger partial charge in [-0.05, 0) is 42.3 Å². The Hall–Kier alpha value is -1.48. The molecule has 0 aliphatic heterocycles. The van der Waals surface area contributed by atoms with Crippen molar-refractivity contribution in [3.05, 3.63) is 59.7 Å². The number of methoxy groups -OCH3 is 1. The van der Waals surface area contributed by atoms with Crippen LogP contribution in [0.4, 0.5) is 0 Å². The zero-order valence-electron chi connectivity index (χ0n) is 11.1. The summed E-state index contributed by atoms with van der Waals surface area (Å²) in [5, 5.41) is 0. The average molecular weight is 321 g/mol. The quantitative estimate of drug-likeness (QED) is 0.751. The van der Waals surface area contributed by atoms with Crippen molar-refractivity contribution in [3.8, 4) is 11.5 Å². The highest BCUT2D eigenvalue weighted by Crippen LogP contribution is 2.33. The molecule has 2 nitrogen and oxygen atoms in total. The SMILES string of the molecule is CCOc1ccc(C(Br)c2cccc(OC)c2)cc1. The minimum Gasteiger partial charge on any atom is -0.497 e. The van der Waals surface area contributed by atoms with Gasteiger partial charge in [-0.1, -0.05) is 40.2 Å². The summed E-state index contributed by atoms with van der Waals surface area (Å²) in [5.74, 6) is 1.77. The lowest BCUT2D eigenvalue weighted by Crippen LogP contribution is -1.95. The van der Waals surface area contributed by atoms with Gasteiger partial charge in [0.05, 0.1) is 18.5 Å². The van der Waals surface area contributed by atoms with E-state index in [0.717, 1.165) is 11.5 Å². The van der Waals surface area contributed by atoms with Gasteiger partial charge in [0.2, 0.25) is 0 Å². The second-order valence-electron chi connectivity index (χ2n) is 4.14. The van der Waals surface area contributed by atoms with E-state index < -0.39 is 0 Å². The Kier molecular flexibility index (Phi) is 4.86. The van der Waals surface area contributed by atoms with E-state index in [9.17, 15) is 0 Å². The zero-order valence-corrected chi connectivity index (χ0v) is 12.7. The van der Waals surface area contributed by atoms with E-state index in [0.29, 0.717) is 6.61 Å². The maximum absolute atomic E-state index is 5.45. The van der Waals surface area contributed by atoms with Crippen molar-refractivity contribution >= 4 is 15.9 Å². The first-order valence-corrected chi connectivity index (χ1v) is 7.17. The van der Waals surface area contributed by atoms with Crippen LogP contribution in [0.15, 0.2) is 48.5 Å². The van der Waals surface area contributed by atoms with Gasteiger partial charge < -0.3 is 9.47 Å². The largest absolute Gasteiger partial charge is 0.497 e. The summed E-state index contributed by atoms with van der Waals surface area (Å²) in [6, 6.07) is 16.2. The molecule has 1 atom stereocenters. The second kappa shape index (κ2) is 6.62. The van der Waals surface area contributed by atoms with Gasteiger partial charge in [0.25, 0.3) is 0 Å². The van der Waals surface area contributed by atoms with Gasteiger partial charge >= 0.3 is 0 Å². The summed E-state index contributed by atoms with van der Waals surface area (Å²) >= 11 is 3.72. The molecule has 1 unspecified atom stereocenters. The summed E-state index contributed by atoms with van der Waals surface area (Å²) < 4.78 is 10.7. The molecule has 0 amide bonds. The molecule has 0 fully saturated rings. The molecule has 0 aromatic heterocycles. The Morgan fingerprint density at radius 3 is 2.37 bits per heavy atom. The molecule has 19 heavy (non-hydrogen) atoms. The summed E-state index contributed by atoms with van der Waals surface area (Å²) in [5.41, 5.74) is 2.36. The van der Waals surface area contributed by atoms with Crippen molar-refractivity contribution in [3.63, 3.8) is 0 Å². The average Bonchev–Trinajstić information content (AvgIpc) is 2.48. The van der Waals surface area contributed by atoms with Gasteiger partial charge in [-0.2, -0.15) is 0 Å². The summed E-state index contributed by atoms with van der Waals surface area (Å²) in [4.78, 5) is 0.151. The molecule has 2 aromatic rings. The van der Waals surface area contributed by atoms with Crippen LogP contribution in [-0.4, -0.2) is 13.7 Å². The Morgan fingerprint density at radius 1 is 1.00 bits per heavy atom. The Balaban J connectivity index is 2.20. The topological polar surface area (TPSA) is 18.5 Å². The van der Waals surface area contributed by atoms with E-state index >= 15 is 0 Å². The molecule has 2 aromatic carbocycles. The summed E-state index contributed by atoms with van der Waals surface area (Å²) in [6.45, 7) is 2.67. The molecule has 0 aliphatic rings. The maximum Gasteiger partial charge on any atom is 0.119 e. The first-order valence-electron chi connectivity index (χ1n) is 6.25. The molecular weight excluding hydrogens is 304 g/mol. The van der Waals surface area contributed by atoms with Crippen LogP contribution >= 0.6 is 15.9 Å². The minimum absolute atomic E-state index is 0.151. The van der Waals surface area contributed by atoms with Crippen LogP contribution in [0.2, 0.25) is 0 Å². The van der Waals surface area contributed by atoms with Gasteiger partial charge in [0, 0.05) is 0 Å². The van der Waals surface area contributed by atoms with Crippen molar-refractivity contribution in [1.29, 1.82) is 0 Å². The molecule has 0 saturated heterocycles. The van der Waals surface area contributed by atoms with Gasteiger partial charge in [0.15, 0.2) is 0 Å². The number of hydrogen-bond acceptors (Lipinski definition) is 2. The molecular formula is C16H17BrO2. The van der Waals surface area contributed by atoms with Crippen LogP contribution in [0.3, 0.4) is 0 Å². The first-order chi connectivity index (χ1) is 9.24. The predicted octanol–water partition coefficient (Wildman–Crippen LogP) is 4.58. The normalized spacial score (nSPS) is 11.9. The molecule has 0 radical (unpaired) electrons. The lowest BCUT2D eigenvalue weighted by atomic mass is 10.0. The fraction of sp³-hybridized carbons (Fsp3) is 0.250. The van der Waals surface area contributed by atoms with Gasteiger partial charge in [0.1, 0.15) is 11.5 Å². The minimum atomic E-state index is 0.151. The molecule has 0 N–H and O–H groups in total. The molecule has 100 valence electrons. The third kappa shape index (κ3) is 3.51. The van der Waals surface area contributed by atoms with E-state index in [-0.39, 0.29) is 4.83 Å². The number of alkyl halides is 1. The van der Waals surface area contributed by atoms with Crippen LogP contribution in [0.5, 0.6) is 11.5 Å². The smallest absolute Gasteiger partial charge is 0.119 e. The van der Waals surface area contributed by atoms with E-state index in [4.69, 9.17) is 9.47 Å². The standard InChI is InChI=1S/C16H17BrO2/c1-3-19-14-9-7-12(8-10-14)16(17)13-5-4-6-15(11-13)18-2/h4-11,16H,3H2,1-2H3. The third-order valence-corrected chi connectivity index (χ3v) is 3.93. The van der Waals surface area contributed by atoms with E-state index in [1.165, 1.54) is 11.1 Å². The van der Waals surface area contributed by atoms with Crippen molar-refractivity contribution in [2.45, 2.75) is 11.8 Å². The van der Waals surface area contributed by atoms with Crippen molar-refractivity contribution in [2.24, 2.45) is 0 Å². The molecule has 2 rings (SSSR count). The number of halogens is 1. The molecule has 0 spiro atoms. The van der Waals surface area contributed by atoms with Crippen LogP contribution in [0.25, 0.3) is 0 Å². The van der Waals surface area contributed by atoms with Crippen LogP contribution in [0, 0.1) is 0 Å². The molecule has 0 aliphatic carbocycles. The second-order valence-corrected chi connectivity index (χ2v) is 5.06. The monoisotopic (exact) mass is 320 g/mol.